The van der Waals surface area contributed by atoms with E-state index in [4.69, 9.17) is 5.73 Å². The third kappa shape index (κ3) is 2.70. The Morgan fingerprint density at radius 2 is 2.17 bits per heavy atom. The molecule has 0 unspecified atom stereocenters. The van der Waals surface area contributed by atoms with Crippen LogP contribution < -0.4 is 5.73 Å². The van der Waals surface area contributed by atoms with Crippen molar-refractivity contribution in [1.29, 1.82) is 0 Å². The first-order chi connectivity index (χ1) is 8.61. The van der Waals surface area contributed by atoms with Gasteiger partial charge in [0.1, 0.15) is 5.03 Å². The Bertz CT molecular complexity index is 549. The third-order valence-electron chi connectivity index (χ3n) is 2.64. The standard InChI is InChI=1S/C12H17N5S/c1-8-5-7-14-12(15-8)18-11-10(4-6-13)9(2)16-17(11)3/h5,7H,4,6,13H2,1-3H3. The fourth-order valence-electron chi connectivity index (χ4n) is 1.80. The summed E-state index contributed by atoms with van der Waals surface area (Å²) in [6, 6.07) is 1.89. The molecule has 2 rings (SSSR count). The predicted octanol–water partition coefficient (Wildman–Crippen LogP) is 1.48. The van der Waals surface area contributed by atoms with Crippen molar-refractivity contribution in [3.8, 4) is 0 Å². The molecule has 5 nitrogen and oxygen atoms in total. The maximum atomic E-state index is 5.65. The number of rotatable bonds is 4. The highest BCUT2D eigenvalue weighted by atomic mass is 32.2. The first kappa shape index (κ1) is 13.0. The van der Waals surface area contributed by atoms with Crippen LogP contribution in [0.1, 0.15) is 17.0 Å². The summed E-state index contributed by atoms with van der Waals surface area (Å²) in [5.41, 5.74) is 8.83. The number of aryl methyl sites for hydroxylation is 3. The molecule has 0 saturated carbocycles. The summed E-state index contributed by atoms with van der Waals surface area (Å²) in [4.78, 5) is 8.67. The lowest BCUT2D eigenvalue weighted by Gasteiger charge is -2.04. The van der Waals surface area contributed by atoms with E-state index in [-0.39, 0.29) is 0 Å². The lowest BCUT2D eigenvalue weighted by molar-refractivity contribution is 0.686. The predicted molar refractivity (Wildman–Crippen MR) is 71.6 cm³/mol. The zero-order valence-corrected chi connectivity index (χ0v) is 11.7. The SMILES string of the molecule is Cc1ccnc(Sc2c(CCN)c(C)nn2C)n1. The van der Waals surface area contributed by atoms with Crippen LogP contribution in [-0.2, 0) is 13.5 Å². The largest absolute Gasteiger partial charge is 0.330 e. The smallest absolute Gasteiger partial charge is 0.194 e. The average Bonchev–Trinajstić information content (AvgIpc) is 2.57. The highest BCUT2D eigenvalue weighted by Gasteiger charge is 2.15. The second-order valence-corrected chi connectivity index (χ2v) is 5.07. The Labute approximate surface area is 111 Å². The molecule has 0 saturated heterocycles. The zero-order chi connectivity index (χ0) is 13.1. The summed E-state index contributed by atoms with van der Waals surface area (Å²) in [5.74, 6) is 0. The van der Waals surface area contributed by atoms with Crippen molar-refractivity contribution in [3.63, 3.8) is 0 Å². The summed E-state index contributed by atoms with van der Waals surface area (Å²) in [5, 5.41) is 6.25. The first-order valence-corrected chi connectivity index (χ1v) is 6.63. The fraction of sp³-hybridized carbons (Fsp3) is 0.417. The molecule has 18 heavy (non-hydrogen) atoms. The van der Waals surface area contributed by atoms with Gasteiger partial charge >= 0.3 is 0 Å². The molecule has 0 fully saturated rings. The Kier molecular flexibility index (Phi) is 3.98. The first-order valence-electron chi connectivity index (χ1n) is 5.82. The summed E-state index contributed by atoms with van der Waals surface area (Å²) in [7, 11) is 1.94. The lowest BCUT2D eigenvalue weighted by atomic mass is 10.2. The van der Waals surface area contributed by atoms with Crippen molar-refractivity contribution in [2.45, 2.75) is 30.5 Å². The number of hydrogen-bond acceptors (Lipinski definition) is 5. The topological polar surface area (TPSA) is 69.6 Å². The molecule has 0 amide bonds. The number of nitrogens with zero attached hydrogens (tertiary/aromatic N) is 4. The van der Waals surface area contributed by atoms with Crippen LogP contribution in [0.4, 0.5) is 0 Å². The molecule has 2 aromatic rings. The Hall–Kier alpha value is -1.40. The van der Waals surface area contributed by atoms with Gasteiger partial charge < -0.3 is 5.73 Å². The van der Waals surface area contributed by atoms with Crippen molar-refractivity contribution < 1.29 is 0 Å². The van der Waals surface area contributed by atoms with Crippen LogP contribution in [0.25, 0.3) is 0 Å². The van der Waals surface area contributed by atoms with Crippen molar-refractivity contribution >= 4 is 11.8 Å². The van der Waals surface area contributed by atoms with Crippen molar-refractivity contribution in [2.75, 3.05) is 6.54 Å². The van der Waals surface area contributed by atoms with Gasteiger partial charge in [0.2, 0.25) is 0 Å². The fourth-order valence-corrected chi connectivity index (χ4v) is 2.82. The minimum atomic E-state index is 0.620. The van der Waals surface area contributed by atoms with E-state index < -0.39 is 0 Å². The van der Waals surface area contributed by atoms with Gasteiger partial charge in [0.25, 0.3) is 0 Å². The molecule has 0 aliphatic rings. The number of aromatic nitrogens is 4. The van der Waals surface area contributed by atoms with Gasteiger partial charge in [-0.15, -0.1) is 0 Å². The van der Waals surface area contributed by atoms with Crippen LogP contribution in [0.2, 0.25) is 0 Å². The highest BCUT2D eigenvalue weighted by molar-refractivity contribution is 7.99. The molecule has 0 radical (unpaired) electrons. The molecule has 6 heteroatoms. The van der Waals surface area contributed by atoms with Gasteiger partial charge in [-0.05, 0) is 44.6 Å². The number of nitrogens with two attached hydrogens (primary N) is 1. The Morgan fingerprint density at radius 3 is 2.83 bits per heavy atom. The molecule has 0 aliphatic carbocycles. The van der Waals surface area contributed by atoms with Crippen LogP contribution in [0.3, 0.4) is 0 Å². The van der Waals surface area contributed by atoms with E-state index in [2.05, 4.69) is 15.1 Å². The van der Waals surface area contributed by atoms with Gasteiger partial charge in [0.05, 0.1) is 5.69 Å². The second-order valence-electron chi connectivity index (χ2n) is 4.11. The third-order valence-corrected chi connectivity index (χ3v) is 3.73. The molecule has 2 heterocycles. The van der Waals surface area contributed by atoms with E-state index in [1.165, 1.54) is 17.3 Å². The normalized spacial score (nSPS) is 10.9. The second kappa shape index (κ2) is 5.49. The maximum Gasteiger partial charge on any atom is 0.194 e. The molecule has 0 aromatic carbocycles. The van der Waals surface area contributed by atoms with Crippen molar-refractivity contribution in [3.05, 3.63) is 29.2 Å². The molecular formula is C12H17N5S. The van der Waals surface area contributed by atoms with Crippen LogP contribution in [0.5, 0.6) is 0 Å². The van der Waals surface area contributed by atoms with E-state index >= 15 is 0 Å². The summed E-state index contributed by atoms with van der Waals surface area (Å²) >= 11 is 1.54. The average molecular weight is 263 g/mol. The van der Waals surface area contributed by atoms with Gasteiger partial charge in [-0.1, -0.05) is 0 Å². The molecule has 0 atom stereocenters. The molecule has 0 aliphatic heterocycles. The van der Waals surface area contributed by atoms with E-state index in [0.717, 1.165) is 28.0 Å². The lowest BCUT2D eigenvalue weighted by Crippen LogP contribution is -2.04. The summed E-state index contributed by atoms with van der Waals surface area (Å²) in [6.07, 6.45) is 2.60. The van der Waals surface area contributed by atoms with Crippen LogP contribution >= 0.6 is 11.8 Å². The molecule has 0 bridgehead atoms. The molecule has 0 spiro atoms. The maximum absolute atomic E-state index is 5.65. The van der Waals surface area contributed by atoms with E-state index in [1.807, 2.05) is 31.6 Å². The van der Waals surface area contributed by atoms with E-state index in [0.29, 0.717) is 6.54 Å². The molecular weight excluding hydrogens is 246 g/mol. The van der Waals surface area contributed by atoms with Crippen LogP contribution in [0.15, 0.2) is 22.4 Å². The molecule has 2 aromatic heterocycles. The summed E-state index contributed by atoms with van der Waals surface area (Å²) in [6.45, 7) is 4.59. The monoisotopic (exact) mass is 263 g/mol. The van der Waals surface area contributed by atoms with Gasteiger partial charge in [0, 0.05) is 24.5 Å². The minimum Gasteiger partial charge on any atom is -0.330 e. The van der Waals surface area contributed by atoms with Gasteiger partial charge in [-0.2, -0.15) is 5.10 Å². The Morgan fingerprint density at radius 1 is 1.39 bits per heavy atom. The van der Waals surface area contributed by atoms with Crippen molar-refractivity contribution in [1.82, 2.24) is 19.7 Å². The van der Waals surface area contributed by atoms with Crippen LogP contribution in [-0.4, -0.2) is 26.3 Å². The van der Waals surface area contributed by atoms with Gasteiger partial charge in [0.15, 0.2) is 5.16 Å². The Balaban J connectivity index is 2.33. The minimum absolute atomic E-state index is 0.620. The quantitative estimate of drug-likeness (QED) is 0.846. The van der Waals surface area contributed by atoms with Crippen molar-refractivity contribution in [2.24, 2.45) is 12.8 Å². The molecule has 2 N–H and O–H groups in total. The molecule has 96 valence electrons. The number of hydrogen-bond donors (Lipinski definition) is 1. The zero-order valence-electron chi connectivity index (χ0n) is 10.8. The summed E-state index contributed by atoms with van der Waals surface area (Å²) < 4.78 is 1.87. The van der Waals surface area contributed by atoms with E-state index in [1.54, 1.807) is 6.20 Å². The van der Waals surface area contributed by atoms with E-state index in [9.17, 15) is 0 Å². The van der Waals surface area contributed by atoms with Gasteiger partial charge in [-0.25, -0.2) is 9.97 Å². The highest BCUT2D eigenvalue weighted by Crippen LogP contribution is 2.29. The van der Waals surface area contributed by atoms with Crippen LogP contribution in [0, 0.1) is 13.8 Å². The van der Waals surface area contributed by atoms with Gasteiger partial charge in [-0.3, -0.25) is 4.68 Å².